The molecule has 0 radical (unpaired) electrons. The molecule has 0 bridgehead atoms. The van der Waals surface area contributed by atoms with Crippen LogP contribution in [0.4, 0.5) is 0 Å². The summed E-state index contributed by atoms with van der Waals surface area (Å²) in [5, 5.41) is 3.54. The summed E-state index contributed by atoms with van der Waals surface area (Å²) < 4.78 is 5.75. The van der Waals surface area contributed by atoms with Crippen LogP contribution in [0.2, 0.25) is 0 Å². The van der Waals surface area contributed by atoms with E-state index in [4.69, 9.17) is 4.74 Å². The number of nitrogens with one attached hydrogen (secondary N) is 1. The van der Waals surface area contributed by atoms with Crippen molar-refractivity contribution in [3.8, 4) is 0 Å². The van der Waals surface area contributed by atoms with Gasteiger partial charge in [-0.15, -0.1) is 0 Å². The van der Waals surface area contributed by atoms with Crippen molar-refractivity contribution < 1.29 is 4.74 Å². The van der Waals surface area contributed by atoms with Crippen LogP contribution in [0.5, 0.6) is 0 Å². The fraction of sp³-hybridized carbons (Fsp3) is 0.857. The van der Waals surface area contributed by atoms with Crippen molar-refractivity contribution in [3.05, 3.63) is 11.6 Å². The van der Waals surface area contributed by atoms with Gasteiger partial charge >= 0.3 is 0 Å². The first kappa shape index (κ1) is 13.7. The second-order valence-corrected chi connectivity index (χ2v) is 4.87. The van der Waals surface area contributed by atoms with E-state index in [-0.39, 0.29) is 0 Å². The van der Waals surface area contributed by atoms with Crippen LogP contribution in [-0.4, -0.2) is 25.3 Å². The van der Waals surface area contributed by atoms with Crippen molar-refractivity contribution in [1.29, 1.82) is 0 Å². The summed E-state index contributed by atoms with van der Waals surface area (Å²) in [4.78, 5) is 0. The molecule has 0 amide bonds. The Balaban J connectivity index is 2.49. The Labute approximate surface area is 100 Å². The van der Waals surface area contributed by atoms with Gasteiger partial charge in [-0.1, -0.05) is 25.0 Å². The second-order valence-electron chi connectivity index (χ2n) is 4.87. The Kier molecular flexibility index (Phi) is 6.74. The minimum absolute atomic E-state index is 0.326. The molecule has 2 nitrogen and oxygen atoms in total. The van der Waals surface area contributed by atoms with Gasteiger partial charge in [0.25, 0.3) is 0 Å². The molecule has 1 aliphatic rings. The molecule has 1 aliphatic carbocycles. The number of hydrogen-bond donors (Lipinski definition) is 1. The van der Waals surface area contributed by atoms with Crippen LogP contribution in [0, 0.1) is 0 Å². The molecule has 0 aromatic rings. The summed E-state index contributed by atoms with van der Waals surface area (Å²) in [6.45, 7) is 8.20. The van der Waals surface area contributed by atoms with Crippen molar-refractivity contribution >= 4 is 0 Å². The monoisotopic (exact) mass is 225 g/mol. The molecule has 1 rings (SSSR count). The molecule has 0 saturated heterocycles. The van der Waals surface area contributed by atoms with Gasteiger partial charge in [-0.25, -0.2) is 0 Å². The summed E-state index contributed by atoms with van der Waals surface area (Å²) in [5.41, 5.74) is 1.57. The van der Waals surface area contributed by atoms with E-state index in [9.17, 15) is 0 Å². The average Bonchev–Trinajstić information content (AvgIpc) is 2.52. The van der Waals surface area contributed by atoms with Crippen molar-refractivity contribution in [2.24, 2.45) is 0 Å². The average molecular weight is 225 g/mol. The van der Waals surface area contributed by atoms with Crippen LogP contribution in [0.15, 0.2) is 11.6 Å². The SMILES string of the molecule is CCNC(COC(C)C)C1=CCCCCC1. The van der Waals surface area contributed by atoms with Gasteiger partial charge in [0.1, 0.15) is 0 Å². The molecule has 16 heavy (non-hydrogen) atoms. The molecular weight excluding hydrogens is 198 g/mol. The molecule has 94 valence electrons. The molecule has 0 aromatic carbocycles. The lowest BCUT2D eigenvalue weighted by molar-refractivity contribution is 0.0672. The van der Waals surface area contributed by atoms with E-state index in [0.29, 0.717) is 12.1 Å². The lowest BCUT2D eigenvalue weighted by Crippen LogP contribution is -2.36. The highest BCUT2D eigenvalue weighted by Gasteiger charge is 2.15. The third-order valence-electron chi connectivity index (χ3n) is 3.07. The summed E-state index contributed by atoms with van der Waals surface area (Å²) >= 11 is 0. The largest absolute Gasteiger partial charge is 0.377 e. The highest BCUT2D eigenvalue weighted by molar-refractivity contribution is 5.12. The van der Waals surface area contributed by atoms with Gasteiger partial charge in [-0.05, 0) is 46.1 Å². The van der Waals surface area contributed by atoms with Gasteiger partial charge in [0.2, 0.25) is 0 Å². The quantitative estimate of drug-likeness (QED) is 0.700. The Morgan fingerprint density at radius 2 is 2.12 bits per heavy atom. The minimum Gasteiger partial charge on any atom is -0.377 e. The summed E-state index contributed by atoms with van der Waals surface area (Å²) in [6, 6.07) is 0.436. The van der Waals surface area contributed by atoms with E-state index < -0.39 is 0 Å². The molecule has 0 aromatic heterocycles. The van der Waals surface area contributed by atoms with E-state index in [2.05, 4.69) is 32.2 Å². The molecule has 0 spiro atoms. The molecular formula is C14H27NO. The minimum atomic E-state index is 0.326. The predicted molar refractivity (Wildman–Crippen MR) is 69.7 cm³/mol. The second kappa shape index (κ2) is 7.86. The van der Waals surface area contributed by atoms with Crippen LogP contribution in [0.1, 0.15) is 52.9 Å². The number of rotatable bonds is 6. The van der Waals surface area contributed by atoms with E-state index in [0.717, 1.165) is 13.2 Å². The molecule has 0 aliphatic heterocycles. The number of likely N-dealkylation sites (N-methyl/N-ethyl adjacent to an activating group) is 1. The van der Waals surface area contributed by atoms with Crippen LogP contribution in [-0.2, 0) is 4.74 Å². The summed E-state index contributed by atoms with van der Waals surface area (Å²) in [7, 11) is 0. The molecule has 1 unspecified atom stereocenters. The van der Waals surface area contributed by atoms with Gasteiger partial charge in [0.15, 0.2) is 0 Å². The van der Waals surface area contributed by atoms with Gasteiger partial charge in [-0.2, -0.15) is 0 Å². The van der Waals surface area contributed by atoms with Gasteiger partial charge < -0.3 is 10.1 Å². The first-order chi connectivity index (χ1) is 7.74. The van der Waals surface area contributed by atoms with Gasteiger partial charge in [0, 0.05) is 0 Å². The Hall–Kier alpha value is -0.340. The fourth-order valence-electron chi connectivity index (χ4n) is 2.19. The lowest BCUT2D eigenvalue weighted by atomic mass is 10.0. The summed E-state index contributed by atoms with van der Waals surface area (Å²) in [5.74, 6) is 0. The van der Waals surface area contributed by atoms with Crippen LogP contribution in [0.25, 0.3) is 0 Å². The van der Waals surface area contributed by atoms with E-state index in [1.165, 1.54) is 32.1 Å². The zero-order chi connectivity index (χ0) is 11.8. The predicted octanol–water partition coefficient (Wildman–Crippen LogP) is 3.28. The smallest absolute Gasteiger partial charge is 0.0661 e. The van der Waals surface area contributed by atoms with E-state index >= 15 is 0 Å². The number of hydrogen-bond acceptors (Lipinski definition) is 2. The fourth-order valence-corrected chi connectivity index (χ4v) is 2.19. The lowest BCUT2D eigenvalue weighted by Gasteiger charge is -2.22. The van der Waals surface area contributed by atoms with E-state index in [1.807, 2.05) is 0 Å². The van der Waals surface area contributed by atoms with E-state index in [1.54, 1.807) is 5.57 Å². The normalized spacial score (nSPS) is 19.4. The third kappa shape index (κ3) is 5.13. The zero-order valence-corrected chi connectivity index (χ0v) is 11.1. The van der Waals surface area contributed by atoms with Crippen LogP contribution in [0.3, 0.4) is 0 Å². The Bertz CT molecular complexity index is 211. The van der Waals surface area contributed by atoms with Crippen LogP contribution < -0.4 is 5.32 Å². The third-order valence-corrected chi connectivity index (χ3v) is 3.07. The maximum absolute atomic E-state index is 5.75. The van der Waals surface area contributed by atoms with Crippen LogP contribution >= 0.6 is 0 Å². The van der Waals surface area contributed by atoms with Crippen molar-refractivity contribution in [2.45, 2.75) is 65.0 Å². The number of allylic oxidation sites excluding steroid dienone is 1. The first-order valence-corrected chi connectivity index (χ1v) is 6.78. The molecule has 0 fully saturated rings. The molecule has 0 heterocycles. The van der Waals surface area contributed by atoms with Crippen molar-refractivity contribution in [1.82, 2.24) is 5.32 Å². The standard InChI is InChI=1S/C14H27NO/c1-4-15-14(11-16-12(2)3)13-9-7-5-6-8-10-13/h9,12,14-15H,4-8,10-11H2,1-3H3. The number of ether oxygens (including phenoxy) is 1. The molecule has 1 N–H and O–H groups in total. The van der Waals surface area contributed by atoms with Gasteiger partial charge in [0.05, 0.1) is 18.8 Å². The van der Waals surface area contributed by atoms with Crippen molar-refractivity contribution in [3.63, 3.8) is 0 Å². The Morgan fingerprint density at radius 3 is 2.81 bits per heavy atom. The van der Waals surface area contributed by atoms with Gasteiger partial charge in [-0.3, -0.25) is 0 Å². The molecule has 2 heteroatoms. The maximum Gasteiger partial charge on any atom is 0.0661 e. The zero-order valence-electron chi connectivity index (χ0n) is 11.1. The molecule has 1 atom stereocenters. The maximum atomic E-state index is 5.75. The summed E-state index contributed by atoms with van der Waals surface area (Å²) in [6.07, 6.45) is 9.34. The first-order valence-electron chi connectivity index (χ1n) is 6.78. The van der Waals surface area contributed by atoms with Crippen molar-refractivity contribution in [2.75, 3.05) is 13.2 Å². The highest BCUT2D eigenvalue weighted by atomic mass is 16.5. The highest BCUT2D eigenvalue weighted by Crippen LogP contribution is 2.20. The Morgan fingerprint density at radius 1 is 1.31 bits per heavy atom. The molecule has 0 saturated carbocycles. The topological polar surface area (TPSA) is 21.3 Å².